The largest absolute Gasteiger partial charge is 0.365 e. The van der Waals surface area contributed by atoms with Crippen LogP contribution in [0.3, 0.4) is 0 Å². The molecule has 2 aromatic heterocycles. The first-order chi connectivity index (χ1) is 6.20. The first-order valence-electron chi connectivity index (χ1n) is 3.45. The van der Waals surface area contributed by atoms with Crippen LogP contribution in [0, 0.1) is 0 Å². The highest BCUT2D eigenvalue weighted by Gasteiger charge is 2.10. The summed E-state index contributed by atoms with van der Waals surface area (Å²) >= 11 is 1.18. The zero-order chi connectivity index (χ0) is 9.42. The van der Waals surface area contributed by atoms with Crippen LogP contribution in [-0.4, -0.2) is 15.9 Å². The molecule has 5 nitrogen and oxygen atoms in total. The zero-order valence-electron chi connectivity index (χ0n) is 6.40. The van der Waals surface area contributed by atoms with E-state index >= 15 is 0 Å². The molecule has 0 aliphatic carbocycles. The third-order valence-corrected chi connectivity index (χ3v) is 2.46. The van der Waals surface area contributed by atoms with Gasteiger partial charge in [0, 0.05) is 6.20 Å². The van der Waals surface area contributed by atoms with Gasteiger partial charge in [-0.1, -0.05) is 0 Å². The van der Waals surface area contributed by atoms with Gasteiger partial charge in [0.2, 0.25) is 5.43 Å². The molecule has 6 heteroatoms. The lowest BCUT2D eigenvalue weighted by atomic mass is 10.2. The number of H-pyrrole nitrogens is 1. The van der Waals surface area contributed by atoms with Crippen molar-refractivity contribution in [3.8, 4) is 0 Å². The molecule has 0 aliphatic heterocycles. The molecule has 13 heavy (non-hydrogen) atoms. The fraction of sp³-hybridized carbons (Fsp3) is 0. The van der Waals surface area contributed by atoms with Gasteiger partial charge in [0.15, 0.2) is 5.65 Å². The number of nitrogens with two attached hydrogens (primary N) is 1. The van der Waals surface area contributed by atoms with E-state index in [2.05, 4.69) is 9.97 Å². The maximum atomic E-state index is 11.5. The Morgan fingerprint density at radius 2 is 2.38 bits per heavy atom. The Kier molecular flexibility index (Phi) is 1.63. The molecule has 0 unspecified atom stereocenters. The fourth-order valence-corrected chi connectivity index (χ4v) is 1.73. The molecule has 1 amide bonds. The van der Waals surface area contributed by atoms with Gasteiger partial charge in [-0.05, 0) is 0 Å². The predicted molar refractivity (Wildman–Crippen MR) is 48.8 cm³/mol. The summed E-state index contributed by atoms with van der Waals surface area (Å²) in [6.07, 6.45) is 1.28. The van der Waals surface area contributed by atoms with Gasteiger partial charge in [-0.15, -0.1) is 11.3 Å². The lowest BCUT2D eigenvalue weighted by molar-refractivity contribution is 0.0999. The minimum absolute atomic E-state index is 0.0308. The molecule has 3 N–H and O–H groups in total. The number of hydrogen-bond donors (Lipinski definition) is 2. The standard InChI is InChI=1S/C7H5N3O2S/c8-6(12)3-1-9-7-5(4(3)11)13-2-10-7/h1-2H,(H2,8,12)(H,9,11). The number of thiazole rings is 1. The van der Waals surface area contributed by atoms with Crippen LogP contribution < -0.4 is 11.2 Å². The lowest BCUT2D eigenvalue weighted by Gasteiger charge is -1.92. The van der Waals surface area contributed by atoms with E-state index < -0.39 is 5.91 Å². The van der Waals surface area contributed by atoms with Crippen LogP contribution in [0.1, 0.15) is 10.4 Å². The second-order valence-electron chi connectivity index (χ2n) is 2.43. The fourth-order valence-electron chi connectivity index (χ4n) is 1.02. The Morgan fingerprint density at radius 1 is 1.62 bits per heavy atom. The second-order valence-corrected chi connectivity index (χ2v) is 3.28. The quantitative estimate of drug-likeness (QED) is 0.675. The van der Waals surface area contributed by atoms with E-state index in [0.29, 0.717) is 10.3 Å². The number of rotatable bonds is 1. The summed E-state index contributed by atoms with van der Waals surface area (Å²) in [6.45, 7) is 0. The van der Waals surface area contributed by atoms with Crippen LogP contribution in [0.5, 0.6) is 0 Å². The highest BCUT2D eigenvalue weighted by atomic mass is 32.1. The number of aromatic amines is 1. The van der Waals surface area contributed by atoms with E-state index in [4.69, 9.17) is 5.73 Å². The van der Waals surface area contributed by atoms with Crippen molar-refractivity contribution in [3.05, 3.63) is 27.5 Å². The van der Waals surface area contributed by atoms with E-state index in [0.717, 1.165) is 0 Å². The van der Waals surface area contributed by atoms with Crippen LogP contribution in [-0.2, 0) is 0 Å². The van der Waals surface area contributed by atoms with Crippen molar-refractivity contribution in [1.29, 1.82) is 0 Å². The van der Waals surface area contributed by atoms with Crippen LogP contribution in [0.15, 0.2) is 16.5 Å². The summed E-state index contributed by atoms with van der Waals surface area (Å²) in [5.41, 5.74) is 6.63. The molecule has 2 heterocycles. The molecule has 0 spiro atoms. The van der Waals surface area contributed by atoms with E-state index in [1.165, 1.54) is 23.0 Å². The van der Waals surface area contributed by atoms with Crippen molar-refractivity contribution in [1.82, 2.24) is 9.97 Å². The third kappa shape index (κ3) is 1.11. The molecule has 0 radical (unpaired) electrons. The second kappa shape index (κ2) is 2.67. The van der Waals surface area contributed by atoms with E-state index in [1.54, 1.807) is 0 Å². The highest BCUT2D eigenvalue weighted by Crippen LogP contribution is 2.10. The summed E-state index contributed by atoms with van der Waals surface area (Å²) in [6, 6.07) is 0. The molecule has 0 saturated heterocycles. The SMILES string of the molecule is NC(=O)c1c[nH]c2ncsc2c1=O. The Bertz CT molecular complexity index is 528. The minimum Gasteiger partial charge on any atom is -0.365 e. The molecule has 0 aliphatic rings. The molecule has 66 valence electrons. The van der Waals surface area contributed by atoms with Crippen molar-refractivity contribution in [2.45, 2.75) is 0 Å². The Morgan fingerprint density at radius 3 is 3.08 bits per heavy atom. The number of pyridine rings is 1. The van der Waals surface area contributed by atoms with Crippen LogP contribution in [0.25, 0.3) is 10.3 Å². The predicted octanol–water partition coefficient (Wildman–Crippen LogP) is 0.0835. The number of carbonyl (C=O) groups is 1. The minimum atomic E-state index is -0.725. The maximum Gasteiger partial charge on any atom is 0.254 e. The normalized spacial score (nSPS) is 10.5. The average Bonchev–Trinajstić information content (AvgIpc) is 2.52. The first-order valence-corrected chi connectivity index (χ1v) is 4.33. The number of nitrogens with zero attached hydrogens (tertiary/aromatic N) is 1. The van der Waals surface area contributed by atoms with E-state index in [-0.39, 0.29) is 11.0 Å². The Labute approximate surface area is 76.2 Å². The molecule has 2 rings (SSSR count). The van der Waals surface area contributed by atoms with Gasteiger partial charge < -0.3 is 10.7 Å². The van der Waals surface area contributed by atoms with Gasteiger partial charge in [-0.25, -0.2) is 4.98 Å². The summed E-state index contributed by atoms with van der Waals surface area (Å²) in [5.74, 6) is -0.725. The number of aromatic nitrogens is 2. The topological polar surface area (TPSA) is 88.8 Å². The van der Waals surface area contributed by atoms with E-state index in [9.17, 15) is 9.59 Å². The maximum absolute atomic E-state index is 11.5. The summed E-state index contributed by atoms with van der Waals surface area (Å²) in [5, 5.41) is 0. The van der Waals surface area contributed by atoms with Gasteiger partial charge in [0.05, 0.1) is 5.51 Å². The Balaban J connectivity index is 2.89. The smallest absolute Gasteiger partial charge is 0.254 e. The van der Waals surface area contributed by atoms with Crippen LogP contribution >= 0.6 is 11.3 Å². The number of hydrogen-bond acceptors (Lipinski definition) is 4. The Hall–Kier alpha value is -1.69. The molecular formula is C7H5N3O2S. The molecule has 0 aromatic carbocycles. The molecule has 0 saturated carbocycles. The molecule has 0 fully saturated rings. The summed E-state index contributed by atoms with van der Waals surface area (Å²) < 4.78 is 0.427. The van der Waals surface area contributed by atoms with Gasteiger partial charge >= 0.3 is 0 Å². The van der Waals surface area contributed by atoms with Crippen molar-refractivity contribution in [2.75, 3.05) is 0 Å². The van der Waals surface area contributed by atoms with Crippen molar-refractivity contribution >= 4 is 27.6 Å². The van der Waals surface area contributed by atoms with Crippen LogP contribution in [0.2, 0.25) is 0 Å². The third-order valence-electron chi connectivity index (χ3n) is 1.64. The van der Waals surface area contributed by atoms with Gasteiger partial charge in [-0.3, -0.25) is 9.59 Å². The van der Waals surface area contributed by atoms with Gasteiger partial charge in [-0.2, -0.15) is 0 Å². The van der Waals surface area contributed by atoms with Crippen molar-refractivity contribution in [2.24, 2.45) is 5.73 Å². The zero-order valence-corrected chi connectivity index (χ0v) is 7.22. The van der Waals surface area contributed by atoms with Gasteiger partial charge in [0.1, 0.15) is 10.3 Å². The number of nitrogens with one attached hydrogen (secondary N) is 1. The molecule has 0 atom stereocenters. The van der Waals surface area contributed by atoms with Crippen LogP contribution in [0.4, 0.5) is 0 Å². The highest BCUT2D eigenvalue weighted by molar-refractivity contribution is 7.16. The molecule has 2 aromatic rings. The summed E-state index contributed by atoms with van der Waals surface area (Å²) in [7, 11) is 0. The van der Waals surface area contributed by atoms with E-state index in [1.807, 2.05) is 0 Å². The van der Waals surface area contributed by atoms with Crippen molar-refractivity contribution in [3.63, 3.8) is 0 Å². The van der Waals surface area contributed by atoms with Crippen molar-refractivity contribution < 1.29 is 4.79 Å². The number of carbonyl (C=O) groups excluding carboxylic acids is 1. The number of fused-ring (bicyclic) bond motifs is 1. The monoisotopic (exact) mass is 195 g/mol. The summed E-state index contributed by atoms with van der Waals surface area (Å²) in [4.78, 5) is 28.9. The molecular weight excluding hydrogens is 190 g/mol. The first kappa shape index (κ1) is 7.93. The number of amides is 1. The average molecular weight is 195 g/mol. The lowest BCUT2D eigenvalue weighted by Crippen LogP contribution is -2.21. The number of primary amides is 1. The molecule has 0 bridgehead atoms. The van der Waals surface area contributed by atoms with Gasteiger partial charge in [0.25, 0.3) is 5.91 Å².